The van der Waals surface area contributed by atoms with Crippen LogP contribution in [0.5, 0.6) is 0 Å². The summed E-state index contributed by atoms with van der Waals surface area (Å²) in [6.07, 6.45) is 0.785. The monoisotopic (exact) mass is 179 g/mol. The van der Waals surface area contributed by atoms with E-state index in [1.165, 1.54) is 6.29 Å². The molecule has 0 fully saturated rings. The number of hydrogen-bond donors (Lipinski definition) is 1. The lowest BCUT2D eigenvalue weighted by Gasteiger charge is -2.04. The van der Waals surface area contributed by atoms with Gasteiger partial charge >= 0.3 is 0 Å². The van der Waals surface area contributed by atoms with Crippen molar-refractivity contribution in [2.24, 2.45) is 0 Å². The Bertz CT molecular complexity index is 219. The molecular weight excluding hydrogens is 172 g/mol. The van der Waals surface area contributed by atoms with Gasteiger partial charge in [-0.1, -0.05) is 0 Å². The van der Waals surface area contributed by atoms with Crippen LogP contribution in [0, 0.1) is 0 Å². The van der Waals surface area contributed by atoms with Crippen molar-refractivity contribution in [2.75, 3.05) is 0 Å². The summed E-state index contributed by atoms with van der Waals surface area (Å²) in [5.74, 6) is 0. The van der Waals surface area contributed by atoms with Crippen molar-refractivity contribution in [1.82, 2.24) is 0 Å². The Morgan fingerprint density at radius 2 is 2.09 bits per heavy atom. The lowest BCUT2D eigenvalue weighted by molar-refractivity contribution is -0.107. The molecule has 0 saturated heterocycles. The minimum Gasteiger partial charge on any atom is -0.303 e. The fourth-order valence-electron chi connectivity index (χ4n) is 0.511. The van der Waals surface area contributed by atoms with Crippen molar-refractivity contribution < 1.29 is 22.6 Å². The number of carbonyl (C=O) groups is 1. The standard InChI is InChI=1S/C5H7O5S/c6-3-1-5(2-4-7)11(8,9)10/h3,5H,1-2H2,(H,8,9,10). The highest BCUT2D eigenvalue weighted by molar-refractivity contribution is 7.86. The van der Waals surface area contributed by atoms with Gasteiger partial charge in [0.1, 0.15) is 11.5 Å². The molecular formula is C5H7O5S. The van der Waals surface area contributed by atoms with Crippen LogP contribution in [-0.4, -0.2) is 30.8 Å². The lowest BCUT2D eigenvalue weighted by atomic mass is 10.2. The number of aldehydes is 1. The molecule has 0 rings (SSSR count). The van der Waals surface area contributed by atoms with E-state index in [0.717, 1.165) is 0 Å². The molecule has 0 aliphatic carbocycles. The second-order valence-corrected chi connectivity index (χ2v) is 3.58. The van der Waals surface area contributed by atoms with E-state index in [0.29, 0.717) is 6.29 Å². The first-order valence-electron chi connectivity index (χ1n) is 2.77. The molecule has 0 bridgehead atoms. The Hall–Kier alpha value is -0.750. The maximum atomic E-state index is 10.3. The van der Waals surface area contributed by atoms with Gasteiger partial charge in [0, 0.05) is 12.8 Å². The minimum atomic E-state index is -4.28. The van der Waals surface area contributed by atoms with E-state index >= 15 is 0 Å². The summed E-state index contributed by atoms with van der Waals surface area (Å²) < 4.78 is 29.0. The third-order valence-electron chi connectivity index (χ3n) is 1.09. The van der Waals surface area contributed by atoms with E-state index in [9.17, 15) is 18.0 Å². The molecule has 63 valence electrons. The molecule has 0 amide bonds. The average Bonchev–Trinajstić information content (AvgIpc) is 1.85. The molecule has 1 atom stereocenters. The van der Waals surface area contributed by atoms with E-state index in [-0.39, 0.29) is 6.42 Å². The maximum Gasteiger partial charge on any atom is 0.268 e. The van der Waals surface area contributed by atoms with Gasteiger partial charge in [0.05, 0.1) is 0 Å². The van der Waals surface area contributed by atoms with Crippen molar-refractivity contribution in [3.8, 4) is 0 Å². The molecule has 0 heterocycles. The van der Waals surface area contributed by atoms with E-state index in [1.807, 2.05) is 0 Å². The summed E-state index contributed by atoms with van der Waals surface area (Å²) in [6, 6.07) is 0. The van der Waals surface area contributed by atoms with Crippen molar-refractivity contribution >= 4 is 22.7 Å². The third-order valence-corrected chi connectivity index (χ3v) is 2.29. The van der Waals surface area contributed by atoms with Crippen LogP contribution in [0.25, 0.3) is 0 Å². The molecule has 6 heteroatoms. The van der Waals surface area contributed by atoms with Crippen LogP contribution in [-0.2, 0) is 19.7 Å². The zero-order valence-corrected chi connectivity index (χ0v) is 6.37. The Kier molecular flexibility index (Phi) is 3.91. The topological polar surface area (TPSA) is 88.5 Å². The van der Waals surface area contributed by atoms with Gasteiger partial charge in [-0.15, -0.1) is 0 Å². The van der Waals surface area contributed by atoms with Crippen molar-refractivity contribution in [3.63, 3.8) is 0 Å². The molecule has 0 saturated carbocycles. The molecule has 1 unspecified atom stereocenters. The van der Waals surface area contributed by atoms with Crippen LogP contribution in [0.3, 0.4) is 0 Å². The highest BCUT2D eigenvalue weighted by atomic mass is 32.2. The van der Waals surface area contributed by atoms with E-state index in [1.54, 1.807) is 0 Å². The van der Waals surface area contributed by atoms with Crippen molar-refractivity contribution in [2.45, 2.75) is 18.1 Å². The predicted octanol–water partition coefficient (Wildman–Crippen LogP) is -0.668. The smallest absolute Gasteiger partial charge is 0.268 e. The Morgan fingerprint density at radius 3 is 2.36 bits per heavy atom. The quantitative estimate of drug-likeness (QED) is 0.446. The third kappa shape index (κ3) is 3.84. The normalized spacial score (nSPS) is 11.5. The second kappa shape index (κ2) is 4.20. The Morgan fingerprint density at radius 1 is 1.55 bits per heavy atom. The average molecular weight is 179 g/mol. The maximum absolute atomic E-state index is 10.3. The first-order valence-corrected chi connectivity index (χ1v) is 4.27. The zero-order chi connectivity index (χ0) is 8.91. The molecule has 0 aromatic carbocycles. The molecule has 0 aromatic rings. The van der Waals surface area contributed by atoms with E-state index < -0.39 is 21.8 Å². The van der Waals surface area contributed by atoms with Crippen LogP contribution in [0.15, 0.2) is 0 Å². The van der Waals surface area contributed by atoms with E-state index in [2.05, 4.69) is 0 Å². The fraction of sp³-hybridized carbons (Fsp3) is 0.600. The van der Waals surface area contributed by atoms with Gasteiger partial charge < -0.3 is 4.79 Å². The first kappa shape index (κ1) is 10.2. The number of carbonyl (C=O) groups excluding carboxylic acids is 2. The van der Waals surface area contributed by atoms with Gasteiger partial charge in [-0.3, -0.25) is 9.35 Å². The molecule has 0 aromatic heterocycles. The summed E-state index contributed by atoms with van der Waals surface area (Å²) in [4.78, 5) is 19.6. The van der Waals surface area contributed by atoms with Crippen LogP contribution in [0.1, 0.15) is 12.8 Å². The van der Waals surface area contributed by atoms with Gasteiger partial charge in [-0.25, -0.2) is 0 Å². The van der Waals surface area contributed by atoms with Gasteiger partial charge in [-0.05, 0) is 0 Å². The largest absolute Gasteiger partial charge is 0.303 e. The molecule has 0 aliphatic heterocycles. The molecule has 1 radical (unpaired) electrons. The lowest BCUT2D eigenvalue weighted by Crippen LogP contribution is -2.21. The summed E-state index contributed by atoms with van der Waals surface area (Å²) in [5, 5.41) is -1.34. The van der Waals surface area contributed by atoms with Crippen molar-refractivity contribution in [3.05, 3.63) is 0 Å². The van der Waals surface area contributed by atoms with E-state index in [4.69, 9.17) is 4.55 Å². The number of hydrogen-bond acceptors (Lipinski definition) is 4. The van der Waals surface area contributed by atoms with Crippen LogP contribution in [0.4, 0.5) is 0 Å². The highest BCUT2D eigenvalue weighted by Gasteiger charge is 2.21. The van der Waals surface area contributed by atoms with Gasteiger partial charge in [0.25, 0.3) is 10.1 Å². The van der Waals surface area contributed by atoms with Gasteiger partial charge in [0.2, 0.25) is 0 Å². The van der Waals surface area contributed by atoms with Crippen LogP contribution in [0.2, 0.25) is 0 Å². The van der Waals surface area contributed by atoms with Crippen molar-refractivity contribution in [1.29, 1.82) is 0 Å². The molecule has 0 aliphatic rings. The molecule has 11 heavy (non-hydrogen) atoms. The SMILES string of the molecule is O=[C]CC(CC=O)S(=O)(=O)O. The predicted molar refractivity (Wildman–Crippen MR) is 36.3 cm³/mol. The Labute approximate surface area is 64.2 Å². The fourth-order valence-corrected chi connectivity index (χ4v) is 1.11. The van der Waals surface area contributed by atoms with Crippen LogP contribution >= 0.6 is 0 Å². The minimum absolute atomic E-state index is 0.329. The van der Waals surface area contributed by atoms with Gasteiger partial charge in [0.15, 0.2) is 6.29 Å². The number of rotatable bonds is 5. The first-order chi connectivity index (χ1) is 5.02. The van der Waals surface area contributed by atoms with Crippen LogP contribution < -0.4 is 0 Å². The second-order valence-electron chi connectivity index (χ2n) is 1.89. The molecule has 5 nitrogen and oxygen atoms in total. The summed E-state index contributed by atoms with van der Waals surface area (Å²) >= 11 is 0. The molecule has 1 N–H and O–H groups in total. The zero-order valence-electron chi connectivity index (χ0n) is 5.56. The highest BCUT2D eigenvalue weighted by Crippen LogP contribution is 2.05. The molecule has 0 spiro atoms. The Balaban J connectivity index is 4.33. The summed E-state index contributed by atoms with van der Waals surface area (Å²) in [7, 11) is -4.28. The summed E-state index contributed by atoms with van der Waals surface area (Å²) in [5.41, 5.74) is 0. The van der Waals surface area contributed by atoms with Gasteiger partial charge in [-0.2, -0.15) is 8.42 Å². The summed E-state index contributed by atoms with van der Waals surface area (Å²) in [6.45, 7) is 0.